The van der Waals surface area contributed by atoms with Gasteiger partial charge in [-0.3, -0.25) is 35.5 Å². The van der Waals surface area contributed by atoms with Gasteiger partial charge in [-0.1, -0.05) is 23.2 Å². The van der Waals surface area contributed by atoms with Crippen molar-refractivity contribution in [3.8, 4) is 0 Å². The number of aromatic nitrogens is 2. The van der Waals surface area contributed by atoms with Crippen LogP contribution in [0.2, 0.25) is 0 Å². The maximum atomic E-state index is 12.7. The Hall–Kier alpha value is -4.49. The van der Waals surface area contributed by atoms with Gasteiger partial charge in [0.2, 0.25) is 0 Å². The number of rotatable bonds is 10. The van der Waals surface area contributed by atoms with Gasteiger partial charge in [-0.2, -0.15) is 0 Å². The Balaban J connectivity index is 1.86. The van der Waals surface area contributed by atoms with Crippen molar-refractivity contribution in [3.05, 3.63) is 89.0 Å². The average molecular weight is 563 g/mol. The molecule has 1 aromatic carbocycles. The highest BCUT2D eigenvalue weighted by Crippen LogP contribution is 2.26. The lowest BCUT2D eigenvalue weighted by molar-refractivity contribution is -0.384. The molecule has 3 rings (SSSR count). The summed E-state index contributed by atoms with van der Waals surface area (Å²) in [4.78, 5) is 54.2. The third-order valence-electron chi connectivity index (χ3n) is 4.77. The molecule has 0 aliphatic rings. The van der Waals surface area contributed by atoms with Crippen molar-refractivity contribution in [1.29, 1.82) is 0 Å². The lowest BCUT2D eigenvalue weighted by Gasteiger charge is -2.28. The van der Waals surface area contributed by atoms with Crippen LogP contribution in [0.15, 0.2) is 73.3 Å². The van der Waals surface area contributed by atoms with Crippen LogP contribution in [0.25, 0.3) is 0 Å². The lowest BCUT2D eigenvalue weighted by atomic mass is 10.0. The highest BCUT2D eigenvalue weighted by molar-refractivity contribution is 6.53. The van der Waals surface area contributed by atoms with Crippen molar-refractivity contribution < 1.29 is 28.8 Å². The summed E-state index contributed by atoms with van der Waals surface area (Å²) < 4.78 is 10.8. The van der Waals surface area contributed by atoms with Crippen molar-refractivity contribution in [1.82, 2.24) is 15.3 Å². The summed E-state index contributed by atoms with van der Waals surface area (Å²) in [6, 6.07) is 10.1. The monoisotopic (exact) mass is 562 g/mol. The van der Waals surface area contributed by atoms with E-state index in [0.717, 1.165) is 0 Å². The Morgan fingerprint density at radius 2 is 1.50 bits per heavy atom. The number of nitrogens with zero attached hydrogens (tertiary/aromatic N) is 3. The van der Waals surface area contributed by atoms with Gasteiger partial charge >= 0.3 is 12.2 Å². The van der Waals surface area contributed by atoms with Gasteiger partial charge in [0, 0.05) is 24.5 Å². The van der Waals surface area contributed by atoms with Crippen molar-refractivity contribution in [2.75, 3.05) is 17.2 Å². The zero-order chi connectivity index (χ0) is 27.5. The zero-order valence-corrected chi connectivity index (χ0v) is 20.8. The quantitative estimate of drug-likeness (QED) is 0.185. The Labute approximate surface area is 225 Å². The van der Waals surface area contributed by atoms with Crippen LogP contribution in [0.1, 0.15) is 11.7 Å². The molecule has 3 N–H and O–H groups in total. The number of alkyl halides is 2. The van der Waals surface area contributed by atoms with Gasteiger partial charge in [0.15, 0.2) is 10.9 Å². The van der Waals surface area contributed by atoms with Gasteiger partial charge in [0.1, 0.15) is 12.6 Å². The van der Waals surface area contributed by atoms with Crippen molar-refractivity contribution in [2.24, 2.45) is 0 Å². The van der Waals surface area contributed by atoms with Crippen LogP contribution in [0.4, 0.5) is 26.7 Å². The molecular formula is C23H20Cl2N6O7. The predicted octanol–water partition coefficient (Wildman–Crippen LogP) is 4.21. The van der Waals surface area contributed by atoms with Crippen LogP contribution in [0.3, 0.4) is 0 Å². The van der Waals surface area contributed by atoms with Gasteiger partial charge in [0.05, 0.1) is 28.7 Å². The highest BCUT2D eigenvalue weighted by atomic mass is 35.5. The van der Waals surface area contributed by atoms with Gasteiger partial charge < -0.3 is 14.8 Å². The van der Waals surface area contributed by atoms with Crippen LogP contribution in [0.5, 0.6) is 0 Å². The van der Waals surface area contributed by atoms with Crippen LogP contribution in [-0.2, 0) is 14.3 Å². The molecule has 0 aliphatic carbocycles. The number of benzene rings is 1. The fourth-order valence-electron chi connectivity index (χ4n) is 3.07. The van der Waals surface area contributed by atoms with Gasteiger partial charge in [-0.05, 0) is 42.0 Å². The molecule has 0 spiro atoms. The van der Waals surface area contributed by atoms with Crippen molar-refractivity contribution >= 4 is 58.4 Å². The van der Waals surface area contributed by atoms with Gasteiger partial charge in [-0.25, -0.2) is 9.59 Å². The molecule has 0 saturated carbocycles. The number of amides is 3. The minimum Gasteiger partial charge on any atom is -0.447 e. The fraction of sp³-hybridized carbons (Fsp3) is 0.174. The van der Waals surface area contributed by atoms with E-state index < -0.39 is 46.6 Å². The van der Waals surface area contributed by atoms with E-state index >= 15 is 0 Å². The molecular weight excluding hydrogens is 543 g/mol. The summed E-state index contributed by atoms with van der Waals surface area (Å²) in [6.45, 7) is -0.514. The van der Waals surface area contributed by atoms with E-state index in [1.54, 1.807) is 24.3 Å². The first-order valence-electron chi connectivity index (χ1n) is 10.8. The van der Waals surface area contributed by atoms with Crippen LogP contribution < -0.4 is 16.0 Å². The van der Waals surface area contributed by atoms with Crippen LogP contribution in [-0.4, -0.2) is 50.5 Å². The molecule has 38 heavy (non-hydrogen) atoms. The Morgan fingerprint density at radius 1 is 0.921 bits per heavy atom. The number of carbonyl (C=O) groups excluding carboxylic acids is 3. The summed E-state index contributed by atoms with van der Waals surface area (Å²) in [7, 11) is 0. The Morgan fingerprint density at radius 3 is 2.00 bits per heavy atom. The maximum Gasteiger partial charge on any atom is 0.412 e. The second-order valence-corrected chi connectivity index (χ2v) is 8.52. The molecule has 198 valence electrons. The topological polar surface area (TPSA) is 175 Å². The molecule has 3 amide bonds. The molecule has 13 nitrogen and oxygen atoms in total. The van der Waals surface area contributed by atoms with Crippen molar-refractivity contribution in [3.63, 3.8) is 0 Å². The largest absolute Gasteiger partial charge is 0.447 e. The van der Waals surface area contributed by atoms with Gasteiger partial charge in [0.25, 0.3) is 11.6 Å². The number of carbonyl (C=O) groups is 3. The summed E-state index contributed by atoms with van der Waals surface area (Å²) in [6.07, 6.45) is 2.62. The molecule has 0 aliphatic heterocycles. The van der Waals surface area contributed by atoms with E-state index in [1.807, 2.05) is 0 Å². The molecule has 2 unspecified atom stereocenters. The number of pyridine rings is 2. The van der Waals surface area contributed by atoms with Crippen molar-refractivity contribution in [2.45, 2.75) is 17.0 Å². The van der Waals surface area contributed by atoms with E-state index in [0.29, 0.717) is 11.4 Å². The number of halogens is 2. The van der Waals surface area contributed by atoms with E-state index in [4.69, 9.17) is 32.7 Å². The molecule has 0 bridgehead atoms. The average Bonchev–Trinajstić information content (AvgIpc) is 2.91. The molecule has 0 saturated heterocycles. The van der Waals surface area contributed by atoms with E-state index in [1.165, 1.54) is 49.1 Å². The number of ether oxygens (including phenoxy) is 2. The molecule has 15 heteroatoms. The lowest BCUT2D eigenvalue weighted by Crippen LogP contribution is -2.46. The minimum atomic E-state index is -1.50. The summed E-state index contributed by atoms with van der Waals surface area (Å²) >= 11 is 11.4. The third-order valence-corrected chi connectivity index (χ3v) is 5.16. The van der Waals surface area contributed by atoms with E-state index in [-0.39, 0.29) is 11.3 Å². The number of hydrogen-bond donors (Lipinski definition) is 3. The maximum absolute atomic E-state index is 12.7. The number of nitro groups is 1. The zero-order valence-electron chi connectivity index (χ0n) is 19.3. The second kappa shape index (κ2) is 13.7. The number of non-ortho nitro benzene ring substituents is 1. The molecule has 0 fully saturated rings. The Bertz CT molecular complexity index is 1250. The minimum absolute atomic E-state index is 0.221. The van der Waals surface area contributed by atoms with E-state index in [2.05, 4.69) is 25.9 Å². The molecule has 0 radical (unpaired) electrons. The first kappa shape index (κ1) is 28.1. The number of nitro benzene ring substituents is 1. The molecule has 2 atom stereocenters. The second-order valence-electron chi connectivity index (χ2n) is 7.42. The predicted molar refractivity (Wildman–Crippen MR) is 137 cm³/mol. The summed E-state index contributed by atoms with van der Waals surface area (Å²) in [5, 5.41) is 18.5. The SMILES string of the molecule is O=C(Nc1cccnc1)OCC(NC(=O)C(Cl)Cl)C(OC(=O)Nc1cccnc1)c1ccc([N+](=O)[O-])cc1. The highest BCUT2D eigenvalue weighted by Gasteiger charge is 2.32. The first-order chi connectivity index (χ1) is 18.2. The Kier molecular flexibility index (Phi) is 10.1. The summed E-state index contributed by atoms with van der Waals surface area (Å²) in [5.41, 5.74) is 0.675. The molecule has 3 aromatic rings. The molecule has 2 heterocycles. The first-order valence-corrected chi connectivity index (χ1v) is 11.6. The van der Waals surface area contributed by atoms with Crippen LogP contribution >= 0.6 is 23.2 Å². The number of anilines is 2. The van der Waals surface area contributed by atoms with Crippen LogP contribution in [0, 0.1) is 10.1 Å². The normalized spacial score (nSPS) is 12.1. The van der Waals surface area contributed by atoms with Gasteiger partial charge in [-0.15, -0.1) is 0 Å². The number of hydrogen-bond acceptors (Lipinski definition) is 9. The fourth-order valence-corrected chi connectivity index (χ4v) is 3.20. The third kappa shape index (κ3) is 8.57. The standard InChI is InChI=1S/C23H20Cl2N6O7/c24-20(25)21(32)30-18(13-37-22(33)28-15-3-1-9-26-11-15)19(14-5-7-17(8-6-14)31(35)36)38-23(34)29-16-4-2-10-27-12-16/h1-12,18-20H,13H2,(H,28,33)(H,29,34)(H,30,32). The smallest absolute Gasteiger partial charge is 0.412 e. The summed E-state index contributed by atoms with van der Waals surface area (Å²) in [5.74, 6) is -0.863. The van der Waals surface area contributed by atoms with E-state index in [9.17, 15) is 24.5 Å². The molecule has 2 aromatic heterocycles. The number of nitrogens with one attached hydrogen (secondary N) is 3.